The monoisotopic (exact) mass is 262 g/mol. The minimum Gasteiger partial charge on any atom is -0.375 e. The number of carbonyl (C=O) groups excluding carboxylic acids is 1. The van der Waals surface area contributed by atoms with Gasteiger partial charge >= 0.3 is 0 Å². The highest BCUT2D eigenvalue weighted by atomic mass is 16.5. The lowest BCUT2D eigenvalue weighted by Gasteiger charge is -2.18. The second kappa shape index (κ2) is 5.29. The second-order valence-corrected chi connectivity index (χ2v) is 6.15. The molecular weight excluding hydrogens is 240 g/mol. The molecule has 1 aromatic heterocycles. The number of carbonyl (C=O) groups is 1. The second-order valence-electron chi connectivity index (χ2n) is 6.15. The number of hydrogen-bond donors (Lipinski definition) is 1. The molecule has 0 aliphatic heterocycles. The van der Waals surface area contributed by atoms with Crippen LogP contribution in [0.25, 0.3) is 0 Å². The van der Waals surface area contributed by atoms with Gasteiger partial charge in [-0.2, -0.15) is 0 Å². The summed E-state index contributed by atoms with van der Waals surface area (Å²) >= 11 is 0. The Morgan fingerprint density at radius 1 is 1.42 bits per heavy atom. The third kappa shape index (κ3) is 3.53. The fraction of sp³-hybridized carbons (Fsp3) is 0.600. The van der Waals surface area contributed by atoms with Crippen LogP contribution in [0.4, 0.5) is 5.82 Å². The van der Waals surface area contributed by atoms with E-state index in [1.807, 2.05) is 39.0 Å². The SMILES string of the molecule is COC(c1cccc(NC(=O)C(C)(C)C)n1)C1CC1. The summed E-state index contributed by atoms with van der Waals surface area (Å²) in [7, 11) is 1.71. The first-order valence-electron chi connectivity index (χ1n) is 6.73. The van der Waals surface area contributed by atoms with E-state index in [4.69, 9.17) is 4.74 Å². The van der Waals surface area contributed by atoms with Crippen molar-refractivity contribution in [3.8, 4) is 0 Å². The van der Waals surface area contributed by atoms with E-state index in [-0.39, 0.29) is 12.0 Å². The number of nitrogens with zero attached hydrogens (tertiary/aromatic N) is 1. The molecule has 19 heavy (non-hydrogen) atoms. The van der Waals surface area contributed by atoms with Gasteiger partial charge in [-0.05, 0) is 30.9 Å². The van der Waals surface area contributed by atoms with Crippen molar-refractivity contribution in [2.45, 2.75) is 39.7 Å². The largest absolute Gasteiger partial charge is 0.375 e. The fourth-order valence-corrected chi connectivity index (χ4v) is 1.94. The van der Waals surface area contributed by atoms with Gasteiger partial charge in [0.2, 0.25) is 5.91 Å². The summed E-state index contributed by atoms with van der Waals surface area (Å²) in [6, 6.07) is 5.68. The molecule has 4 heteroatoms. The van der Waals surface area contributed by atoms with Crippen LogP contribution in [0.2, 0.25) is 0 Å². The van der Waals surface area contributed by atoms with Crippen molar-refractivity contribution in [2.75, 3.05) is 12.4 Å². The zero-order chi connectivity index (χ0) is 14.0. The summed E-state index contributed by atoms with van der Waals surface area (Å²) < 4.78 is 5.51. The molecular formula is C15H22N2O2. The highest BCUT2D eigenvalue weighted by Crippen LogP contribution is 2.42. The Morgan fingerprint density at radius 3 is 2.63 bits per heavy atom. The third-order valence-corrected chi connectivity index (χ3v) is 3.29. The molecule has 1 amide bonds. The van der Waals surface area contributed by atoms with Crippen LogP contribution in [-0.2, 0) is 9.53 Å². The van der Waals surface area contributed by atoms with Gasteiger partial charge in [0.05, 0.1) is 5.69 Å². The molecule has 2 rings (SSSR count). The molecule has 4 nitrogen and oxygen atoms in total. The Kier molecular flexibility index (Phi) is 3.90. The lowest BCUT2D eigenvalue weighted by atomic mass is 9.96. The number of rotatable bonds is 4. The van der Waals surface area contributed by atoms with Gasteiger partial charge < -0.3 is 10.1 Å². The topological polar surface area (TPSA) is 51.2 Å². The Balaban J connectivity index is 2.12. The molecule has 1 N–H and O–H groups in total. The number of nitrogens with one attached hydrogen (secondary N) is 1. The molecule has 0 saturated heterocycles. The molecule has 0 radical (unpaired) electrons. The van der Waals surface area contributed by atoms with Crippen LogP contribution in [0.5, 0.6) is 0 Å². The molecule has 104 valence electrons. The molecule has 0 bridgehead atoms. The zero-order valence-electron chi connectivity index (χ0n) is 12.1. The number of aromatic nitrogens is 1. The average Bonchev–Trinajstić information content (AvgIpc) is 3.14. The van der Waals surface area contributed by atoms with Gasteiger partial charge in [0.1, 0.15) is 11.9 Å². The third-order valence-electron chi connectivity index (χ3n) is 3.29. The summed E-state index contributed by atoms with van der Waals surface area (Å²) in [5.74, 6) is 1.14. The van der Waals surface area contributed by atoms with Crippen molar-refractivity contribution >= 4 is 11.7 Å². The Labute approximate surface area is 114 Å². The minimum atomic E-state index is -0.422. The predicted molar refractivity (Wildman–Crippen MR) is 74.8 cm³/mol. The van der Waals surface area contributed by atoms with E-state index < -0.39 is 5.41 Å². The molecule has 0 spiro atoms. The maximum absolute atomic E-state index is 11.9. The summed E-state index contributed by atoms with van der Waals surface area (Å²) in [6.45, 7) is 5.65. The van der Waals surface area contributed by atoms with Gasteiger partial charge in [0, 0.05) is 12.5 Å². The lowest BCUT2D eigenvalue weighted by molar-refractivity contribution is -0.123. The molecule has 1 heterocycles. The standard InChI is InChI=1S/C15H22N2O2/c1-15(2,3)14(18)17-12-7-5-6-11(16-12)13(19-4)10-8-9-10/h5-7,10,13H,8-9H2,1-4H3,(H,16,17,18). The molecule has 1 fully saturated rings. The van der Waals surface area contributed by atoms with Crippen molar-refractivity contribution in [3.63, 3.8) is 0 Å². The molecule has 1 aliphatic rings. The first kappa shape index (κ1) is 14.0. The van der Waals surface area contributed by atoms with Crippen LogP contribution >= 0.6 is 0 Å². The van der Waals surface area contributed by atoms with E-state index in [2.05, 4.69) is 10.3 Å². The summed E-state index contributed by atoms with van der Waals surface area (Å²) in [5.41, 5.74) is 0.478. The summed E-state index contributed by atoms with van der Waals surface area (Å²) in [5, 5.41) is 2.85. The highest BCUT2D eigenvalue weighted by molar-refractivity contribution is 5.93. The van der Waals surface area contributed by atoms with Crippen molar-refractivity contribution in [3.05, 3.63) is 23.9 Å². The molecule has 1 saturated carbocycles. The fourth-order valence-electron chi connectivity index (χ4n) is 1.94. The van der Waals surface area contributed by atoms with Crippen molar-refractivity contribution in [1.82, 2.24) is 4.98 Å². The van der Waals surface area contributed by atoms with Crippen molar-refractivity contribution in [1.29, 1.82) is 0 Å². The van der Waals surface area contributed by atoms with E-state index in [9.17, 15) is 4.79 Å². The van der Waals surface area contributed by atoms with Crippen molar-refractivity contribution in [2.24, 2.45) is 11.3 Å². The number of ether oxygens (including phenoxy) is 1. The van der Waals surface area contributed by atoms with Gasteiger partial charge in [-0.1, -0.05) is 26.8 Å². The minimum absolute atomic E-state index is 0.0301. The van der Waals surface area contributed by atoms with Gasteiger partial charge in [0.25, 0.3) is 0 Å². The van der Waals surface area contributed by atoms with Crippen LogP contribution in [0.15, 0.2) is 18.2 Å². The molecule has 1 atom stereocenters. The Morgan fingerprint density at radius 2 is 2.11 bits per heavy atom. The molecule has 1 aromatic rings. The van der Waals surface area contributed by atoms with E-state index in [0.717, 1.165) is 5.69 Å². The number of anilines is 1. The van der Waals surface area contributed by atoms with Crippen LogP contribution in [-0.4, -0.2) is 18.0 Å². The normalized spacial score (nSPS) is 17.1. The van der Waals surface area contributed by atoms with Gasteiger partial charge in [-0.3, -0.25) is 4.79 Å². The summed E-state index contributed by atoms with van der Waals surface area (Å²) in [6.07, 6.45) is 2.43. The number of methoxy groups -OCH3 is 1. The molecule has 1 aliphatic carbocycles. The highest BCUT2D eigenvalue weighted by Gasteiger charge is 2.33. The van der Waals surface area contributed by atoms with E-state index >= 15 is 0 Å². The van der Waals surface area contributed by atoms with E-state index in [1.54, 1.807) is 7.11 Å². The van der Waals surface area contributed by atoms with Gasteiger partial charge in [-0.25, -0.2) is 4.98 Å². The van der Waals surface area contributed by atoms with Gasteiger partial charge in [0.15, 0.2) is 0 Å². The molecule has 0 aromatic carbocycles. The predicted octanol–water partition coefficient (Wildman–Crippen LogP) is 3.16. The van der Waals surface area contributed by atoms with Crippen LogP contribution in [0, 0.1) is 11.3 Å². The summed E-state index contributed by atoms with van der Waals surface area (Å²) in [4.78, 5) is 16.5. The van der Waals surface area contributed by atoms with Crippen LogP contribution in [0.3, 0.4) is 0 Å². The van der Waals surface area contributed by atoms with E-state index in [0.29, 0.717) is 11.7 Å². The average molecular weight is 262 g/mol. The van der Waals surface area contributed by atoms with E-state index in [1.165, 1.54) is 12.8 Å². The van der Waals surface area contributed by atoms with Crippen molar-refractivity contribution < 1.29 is 9.53 Å². The zero-order valence-corrected chi connectivity index (χ0v) is 12.1. The van der Waals surface area contributed by atoms with Crippen LogP contribution in [0.1, 0.15) is 45.4 Å². The van der Waals surface area contributed by atoms with Gasteiger partial charge in [-0.15, -0.1) is 0 Å². The Hall–Kier alpha value is -1.42. The lowest BCUT2D eigenvalue weighted by Crippen LogP contribution is -2.28. The maximum atomic E-state index is 11.9. The number of amides is 1. The number of hydrogen-bond acceptors (Lipinski definition) is 3. The number of pyridine rings is 1. The Bertz CT molecular complexity index is 461. The molecule has 1 unspecified atom stereocenters. The van der Waals surface area contributed by atoms with Crippen LogP contribution < -0.4 is 5.32 Å². The first-order chi connectivity index (χ1) is 8.91. The first-order valence-corrected chi connectivity index (χ1v) is 6.73. The quantitative estimate of drug-likeness (QED) is 0.906. The maximum Gasteiger partial charge on any atom is 0.230 e. The smallest absolute Gasteiger partial charge is 0.230 e.